The Morgan fingerprint density at radius 2 is 1.93 bits per heavy atom. The van der Waals surface area contributed by atoms with Gasteiger partial charge in [0.15, 0.2) is 0 Å². The molecule has 1 aromatic heterocycles. The van der Waals surface area contributed by atoms with Gasteiger partial charge in [0, 0.05) is 11.6 Å². The van der Waals surface area contributed by atoms with Crippen molar-refractivity contribution in [2.45, 2.75) is 33.1 Å². The van der Waals surface area contributed by atoms with Crippen molar-refractivity contribution in [2.75, 3.05) is 0 Å². The summed E-state index contributed by atoms with van der Waals surface area (Å²) in [6.45, 7) is 8.95. The number of nitrogens with zero attached hydrogens (tertiary/aromatic N) is 1. The van der Waals surface area contributed by atoms with Crippen molar-refractivity contribution in [3.05, 3.63) is 29.5 Å². The molecule has 0 N–H and O–H groups in total. The molecule has 0 radical (unpaired) electrons. The van der Waals surface area contributed by atoms with Crippen molar-refractivity contribution in [3.8, 4) is 0 Å². The van der Waals surface area contributed by atoms with Gasteiger partial charge in [-0.3, -0.25) is 0 Å². The van der Waals surface area contributed by atoms with Crippen molar-refractivity contribution < 1.29 is 0 Å². The lowest BCUT2D eigenvalue weighted by Gasteiger charge is -2.22. The Morgan fingerprint density at radius 1 is 1.21 bits per heavy atom. The summed E-state index contributed by atoms with van der Waals surface area (Å²) in [6.07, 6.45) is 1.99. The SMILES string of the molecule is Cc1ccc2sncc2c1C(C)(C)C. The lowest BCUT2D eigenvalue weighted by atomic mass is 9.82. The van der Waals surface area contributed by atoms with Gasteiger partial charge in [0.1, 0.15) is 0 Å². The van der Waals surface area contributed by atoms with Gasteiger partial charge in [-0.05, 0) is 41.1 Å². The van der Waals surface area contributed by atoms with E-state index in [0.717, 1.165) is 0 Å². The molecular weight excluding hydrogens is 190 g/mol. The number of fused-ring (bicyclic) bond motifs is 1. The molecule has 0 aliphatic carbocycles. The second-order valence-corrected chi connectivity index (χ2v) is 5.58. The predicted molar refractivity (Wildman–Crippen MR) is 63.1 cm³/mol. The molecule has 1 heterocycles. The minimum atomic E-state index is 0.201. The third-order valence-electron chi connectivity index (χ3n) is 2.50. The highest BCUT2D eigenvalue weighted by molar-refractivity contribution is 7.13. The van der Waals surface area contributed by atoms with Crippen LogP contribution in [-0.2, 0) is 5.41 Å². The van der Waals surface area contributed by atoms with Crippen LogP contribution in [0.5, 0.6) is 0 Å². The molecule has 0 saturated heterocycles. The number of hydrogen-bond acceptors (Lipinski definition) is 2. The van der Waals surface area contributed by atoms with E-state index in [1.165, 1.54) is 21.2 Å². The van der Waals surface area contributed by atoms with Gasteiger partial charge >= 0.3 is 0 Å². The van der Waals surface area contributed by atoms with E-state index >= 15 is 0 Å². The minimum absolute atomic E-state index is 0.201. The maximum absolute atomic E-state index is 4.26. The Kier molecular flexibility index (Phi) is 2.11. The first-order chi connectivity index (χ1) is 6.50. The molecule has 0 atom stereocenters. The van der Waals surface area contributed by atoms with Crippen molar-refractivity contribution in [2.24, 2.45) is 0 Å². The second-order valence-electron chi connectivity index (χ2n) is 4.75. The van der Waals surface area contributed by atoms with Crippen molar-refractivity contribution in [1.29, 1.82) is 0 Å². The van der Waals surface area contributed by atoms with E-state index in [0.29, 0.717) is 0 Å². The van der Waals surface area contributed by atoms with Crippen molar-refractivity contribution in [1.82, 2.24) is 4.37 Å². The summed E-state index contributed by atoms with van der Waals surface area (Å²) in [5.41, 5.74) is 3.00. The van der Waals surface area contributed by atoms with Gasteiger partial charge in [0.2, 0.25) is 0 Å². The topological polar surface area (TPSA) is 12.9 Å². The fourth-order valence-corrected chi connectivity index (χ4v) is 2.70. The fraction of sp³-hybridized carbons (Fsp3) is 0.417. The molecule has 0 aliphatic rings. The maximum Gasteiger partial charge on any atom is 0.0553 e. The smallest absolute Gasteiger partial charge is 0.0553 e. The summed E-state index contributed by atoms with van der Waals surface area (Å²) >= 11 is 1.58. The predicted octanol–water partition coefficient (Wildman–Crippen LogP) is 3.90. The molecule has 2 rings (SSSR count). The van der Waals surface area contributed by atoms with E-state index in [9.17, 15) is 0 Å². The average Bonchev–Trinajstić information content (AvgIpc) is 2.48. The van der Waals surface area contributed by atoms with E-state index in [1.54, 1.807) is 11.5 Å². The number of aromatic nitrogens is 1. The molecule has 0 fully saturated rings. The average molecular weight is 205 g/mol. The molecular formula is C12H15NS. The maximum atomic E-state index is 4.26. The highest BCUT2D eigenvalue weighted by Gasteiger charge is 2.19. The quantitative estimate of drug-likeness (QED) is 0.635. The van der Waals surface area contributed by atoms with Crippen LogP contribution in [0.15, 0.2) is 18.3 Å². The first-order valence-electron chi connectivity index (χ1n) is 4.84. The monoisotopic (exact) mass is 205 g/mol. The molecule has 0 aliphatic heterocycles. The molecule has 0 unspecified atom stereocenters. The third kappa shape index (κ3) is 1.44. The van der Waals surface area contributed by atoms with Crippen LogP contribution < -0.4 is 0 Å². The normalized spacial score (nSPS) is 12.3. The zero-order valence-corrected chi connectivity index (χ0v) is 9.90. The van der Waals surface area contributed by atoms with Crippen LogP contribution in [-0.4, -0.2) is 4.37 Å². The summed E-state index contributed by atoms with van der Waals surface area (Å²) in [4.78, 5) is 0. The molecule has 74 valence electrons. The molecule has 1 nitrogen and oxygen atoms in total. The van der Waals surface area contributed by atoms with Crippen LogP contribution in [0.4, 0.5) is 0 Å². The van der Waals surface area contributed by atoms with Gasteiger partial charge < -0.3 is 0 Å². The first-order valence-corrected chi connectivity index (χ1v) is 5.62. The van der Waals surface area contributed by atoms with E-state index in [1.807, 2.05) is 6.20 Å². The molecule has 2 aromatic rings. The van der Waals surface area contributed by atoms with Crippen LogP contribution in [0, 0.1) is 6.92 Å². The summed E-state index contributed by atoms with van der Waals surface area (Å²) in [6, 6.07) is 4.36. The largest absolute Gasteiger partial charge is 0.200 e. The Bertz CT molecular complexity index is 463. The molecule has 0 amide bonds. The summed E-state index contributed by atoms with van der Waals surface area (Å²) < 4.78 is 5.55. The zero-order valence-electron chi connectivity index (χ0n) is 9.09. The Balaban J connectivity index is 2.83. The highest BCUT2D eigenvalue weighted by Crippen LogP contribution is 2.33. The van der Waals surface area contributed by atoms with Gasteiger partial charge in [-0.15, -0.1) is 0 Å². The Hall–Kier alpha value is -0.890. The highest BCUT2D eigenvalue weighted by atomic mass is 32.1. The zero-order chi connectivity index (χ0) is 10.3. The molecule has 0 spiro atoms. The molecule has 0 bridgehead atoms. The lowest BCUT2D eigenvalue weighted by molar-refractivity contribution is 0.592. The van der Waals surface area contributed by atoms with Gasteiger partial charge in [0.05, 0.1) is 4.70 Å². The standard InChI is InChI=1S/C12H15NS/c1-8-5-6-10-9(7-13-14-10)11(8)12(2,3)4/h5-7H,1-4H3. The fourth-order valence-electron chi connectivity index (χ4n) is 2.05. The molecule has 0 saturated carbocycles. The second kappa shape index (κ2) is 3.06. The van der Waals surface area contributed by atoms with Gasteiger partial charge in [-0.2, -0.15) is 4.37 Å². The summed E-state index contributed by atoms with van der Waals surface area (Å²) in [7, 11) is 0. The van der Waals surface area contributed by atoms with E-state index in [2.05, 4.69) is 44.2 Å². The number of rotatable bonds is 0. The van der Waals surface area contributed by atoms with E-state index < -0.39 is 0 Å². The van der Waals surface area contributed by atoms with Crippen molar-refractivity contribution >= 4 is 21.6 Å². The first kappa shape index (κ1) is 9.66. The van der Waals surface area contributed by atoms with Crippen LogP contribution in [0.25, 0.3) is 10.1 Å². The lowest BCUT2D eigenvalue weighted by Crippen LogP contribution is -2.13. The van der Waals surface area contributed by atoms with Gasteiger partial charge in [-0.1, -0.05) is 26.8 Å². The molecule has 14 heavy (non-hydrogen) atoms. The summed E-state index contributed by atoms with van der Waals surface area (Å²) in [5.74, 6) is 0. The Morgan fingerprint density at radius 3 is 2.57 bits per heavy atom. The van der Waals surface area contributed by atoms with Crippen LogP contribution in [0.1, 0.15) is 31.9 Å². The molecule has 1 aromatic carbocycles. The van der Waals surface area contributed by atoms with Crippen molar-refractivity contribution in [3.63, 3.8) is 0 Å². The van der Waals surface area contributed by atoms with E-state index in [4.69, 9.17) is 0 Å². The molecule has 2 heteroatoms. The third-order valence-corrected chi connectivity index (χ3v) is 3.26. The Labute approximate surface area is 88.9 Å². The van der Waals surface area contributed by atoms with Gasteiger partial charge in [-0.25, -0.2) is 0 Å². The summed E-state index contributed by atoms with van der Waals surface area (Å²) in [5, 5.41) is 1.32. The van der Waals surface area contributed by atoms with Crippen LogP contribution in [0.2, 0.25) is 0 Å². The van der Waals surface area contributed by atoms with Crippen LogP contribution in [0.3, 0.4) is 0 Å². The van der Waals surface area contributed by atoms with Gasteiger partial charge in [0.25, 0.3) is 0 Å². The number of hydrogen-bond donors (Lipinski definition) is 0. The van der Waals surface area contributed by atoms with E-state index in [-0.39, 0.29) is 5.41 Å². The van der Waals surface area contributed by atoms with Crippen LogP contribution >= 0.6 is 11.5 Å². The number of benzene rings is 1. The number of aryl methyl sites for hydroxylation is 1. The minimum Gasteiger partial charge on any atom is -0.200 e.